The molecule has 0 heterocycles. The van der Waals surface area contributed by atoms with Crippen LogP contribution in [-0.2, 0) is 16.4 Å². The Morgan fingerprint density at radius 2 is 1.80 bits per heavy atom. The van der Waals surface area contributed by atoms with Crippen molar-refractivity contribution in [2.75, 3.05) is 11.0 Å². The van der Waals surface area contributed by atoms with E-state index in [4.69, 9.17) is 0 Å². The molecule has 0 aliphatic carbocycles. The van der Waals surface area contributed by atoms with Crippen molar-refractivity contribution < 1.29 is 13.2 Å². The maximum absolute atomic E-state index is 12.4. The number of rotatable bonds is 7. The van der Waals surface area contributed by atoms with Crippen molar-refractivity contribution in [1.82, 2.24) is 5.32 Å². The maximum atomic E-state index is 12.4. The average Bonchev–Trinajstić information content (AvgIpc) is 2.54. The highest BCUT2D eigenvalue weighted by Gasteiger charge is 2.12. The number of benzene rings is 2. The molecule has 0 saturated carbocycles. The number of carbonyl (C=O) groups excluding carboxylic acids is 1. The van der Waals surface area contributed by atoms with Crippen LogP contribution in [0.5, 0.6) is 0 Å². The summed E-state index contributed by atoms with van der Waals surface area (Å²) >= 11 is 0. The molecule has 134 valence electrons. The summed E-state index contributed by atoms with van der Waals surface area (Å²) in [6.45, 7) is 3.75. The zero-order valence-electron chi connectivity index (χ0n) is 14.7. The fourth-order valence-electron chi connectivity index (χ4n) is 2.53. The number of hydrogen-bond acceptors (Lipinski definition) is 3. The van der Waals surface area contributed by atoms with Crippen molar-refractivity contribution in [3.8, 4) is 0 Å². The molecule has 0 radical (unpaired) electrons. The van der Waals surface area contributed by atoms with E-state index in [1.54, 1.807) is 25.1 Å². The summed E-state index contributed by atoms with van der Waals surface area (Å²) in [7, 11) is -3.34. The molecule has 0 aliphatic heterocycles. The molecule has 0 aromatic heterocycles. The number of aryl methyl sites for hydroxylation is 2. The largest absolute Gasteiger partial charge is 0.350 e. The molecular formula is C19H24N2O3S. The Morgan fingerprint density at radius 1 is 1.12 bits per heavy atom. The second kappa shape index (κ2) is 8.16. The fourth-order valence-corrected chi connectivity index (χ4v) is 3.15. The van der Waals surface area contributed by atoms with Gasteiger partial charge >= 0.3 is 0 Å². The minimum atomic E-state index is -3.34. The van der Waals surface area contributed by atoms with Crippen LogP contribution in [0.25, 0.3) is 0 Å². The van der Waals surface area contributed by atoms with Gasteiger partial charge in [-0.15, -0.1) is 0 Å². The van der Waals surface area contributed by atoms with Gasteiger partial charge in [0.15, 0.2) is 0 Å². The molecule has 2 N–H and O–H groups in total. The van der Waals surface area contributed by atoms with Crippen LogP contribution in [0.15, 0.2) is 48.5 Å². The van der Waals surface area contributed by atoms with Crippen LogP contribution in [0.2, 0.25) is 0 Å². The summed E-state index contributed by atoms with van der Waals surface area (Å²) in [6, 6.07) is 15.1. The Morgan fingerprint density at radius 3 is 2.40 bits per heavy atom. The van der Waals surface area contributed by atoms with E-state index in [-0.39, 0.29) is 11.9 Å². The summed E-state index contributed by atoms with van der Waals surface area (Å²) in [5, 5.41) is 2.98. The molecule has 5 nitrogen and oxygen atoms in total. The first-order chi connectivity index (χ1) is 11.7. The van der Waals surface area contributed by atoms with E-state index < -0.39 is 10.0 Å². The predicted molar refractivity (Wildman–Crippen MR) is 101 cm³/mol. The van der Waals surface area contributed by atoms with E-state index in [1.165, 1.54) is 5.56 Å². The Balaban J connectivity index is 1.94. The van der Waals surface area contributed by atoms with Gasteiger partial charge in [0, 0.05) is 11.6 Å². The minimum absolute atomic E-state index is 0.0434. The summed E-state index contributed by atoms with van der Waals surface area (Å²) in [5.41, 5.74) is 2.95. The van der Waals surface area contributed by atoms with E-state index in [0.717, 1.165) is 19.1 Å². The third kappa shape index (κ3) is 6.23. The lowest BCUT2D eigenvalue weighted by Crippen LogP contribution is -2.33. The minimum Gasteiger partial charge on any atom is -0.350 e. The van der Waals surface area contributed by atoms with Crippen LogP contribution >= 0.6 is 0 Å². The smallest absolute Gasteiger partial charge is 0.251 e. The first kappa shape index (κ1) is 19.0. The molecule has 2 aromatic rings. The van der Waals surface area contributed by atoms with E-state index >= 15 is 0 Å². The lowest BCUT2D eigenvalue weighted by Gasteiger charge is -2.15. The lowest BCUT2D eigenvalue weighted by atomic mass is 10.1. The standard InChI is InChI=1S/C19H24N2O3S/c1-14-13-17(11-12-18(14)21-25(3,23)24)19(22)20-15(2)9-10-16-7-5-4-6-8-16/h4-8,11-13,15,21H,9-10H2,1-3H3,(H,20,22). The van der Waals surface area contributed by atoms with E-state index in [2.05, 4.69) is 22.2 Å². The quantitative estimate of drug-likeness (QED) is 0.796. The van der Waals surface area contributed by atoms with Crippen LogP contribution in [-0.4, -0.2) is 26.6 Å². The summed E-state index contributed by atoms with van der Waals surface area (Å²) in [6.07, 6.45) is 2.85. The van der Waals surface area contributed by atoms with Gasteiger partial charge in [0.25, 0.3) is 5.91 Å². The van der Waals surface area contributed by atoms with Crippen LogP contribution in [0.4, 0.5) is 5.69 Å². The monoisotopic (exact) mass is 360 g/mol. The number of anilines is 1. The number of carbonyl (C=O) groups is 1. The third-order valence-electron chi connectivity index (χ3n) is 3.87. The van der Waals surface area contributed by atoms with Crippen molar-refractivity contribution in [2.24, 2.45) is 0 Å². The molecule has 1 amide bonds. The number of hydrogen-bond donors (Lipinski definition) is 2. The first-order valence-corrected chi connectivity index (χ1v) is 10.1. The second-order valence-electron chi connectivity index (χ2n) is 6.30. The van der Waals surface area contributed by atoms with Gasteiger partial charge in [-0.1, -0.05) is 30.3 Å². The van der Waals surface area contributed by atoms with Gasteiger partial charge in [0.1, 0.15) is 0 Å². The Kier molecular flexibility index (Phi) is 6.20. The van der Waals surface area contributed by atoms with Crippen molar-refractivity contribution in [3.05, 3.63) is 65.2 Å². The van der Waals surface area contributed by atoms with Crippen LogP contribution in [0.1, 0.15) is 34.8 Å². The molecule has 0 aliphatic rings. The van der Waals surface area contributed by atoms with Crippen molar-refractivity contribution in [2.45, 2.75) is 32.7 Å². The molecule has 2 rings (SSSR count). The molecular weight excluding hydrogens is 336 g/mol. The Bertz CT molecular complexity index is 833. The normalized spacial score (nSPS) is 12.4. The first-order valence-electron chi connectivity index (χ1n) is 8.18. The molecule has 0 fully saturated rings. The fraction of sp³-hybridized carbons (Fsp3) is 0.316. The van der Waals surface area contributed by atoms with Crippen LogP contribution < -0.4 is 10.0 Å². The van der Waals surface area contributed by atoms with Gasteiger partial charge in [-0.25, -0.2) is 8.42 Å². The zero-order valence-corrected chi connectivity index (χ0v) is 15.6. The van der Waals surface area contributed by atoms with E-state index in [9.17, 15) is 13.2 Å². The SMILES string of the molecule is Cc1cc(C(=O)NC(C)CCc2ccccc2)ccc1NS(C)(=O)=O. The number of nitrogens with one attached hydrogen (secondary N) is 2. The van der Waals surface area contributed by atoms with Crippen molar-refractivity contribution in [1.29, 1.82) is 0 Å². The zero-order chi connectivity index (χ0) is 18.4. The Hall–Kier alpha value is -2.34. The third-order valence-corrected chi connectivity index (χ3v) is 4.46. The average molecular weight is 360 g/mol. The van der Waals surface area contributed by atoms with E-state index in [0.29, 0.717) is 16.8 Å². The molecule has 0 saturated heterocycles. The van der Waals surface area contributed by atoms with Crippen LogP contribution in [0.3, 0.4) is 0 Å². The maximum Gasteiger partial charge on any atom is 0.251 e. The highest BCUT2D eigenvalue weighted by atomic mass is 32.2. The highest BCUT2D eigenvalue weighted by molar-refractivity contribution is 7.92. The topological polar surface area (TPSA) is 75.3 Å². The number of sulfonamides is 1. The summed E-state index contributed by atoms with van der Waals surface area (Å²) in [5.74, 6) is -0.158. The van der Waals surface area contributed by atoms with Crippen molar-refractivity contribution >= 4 is 21.6 Å². The molecule has 25 heavy (non-hydrogen) atoms. The van der Waals surface area contributed by atoms with E-state index in [1.807, 2.05) is 25.1 Å². The summed E-state index contributed by atoms with van der Waals surface area (Å²) in [4.78, 5) is 12.4. The van der Waals surface area contributed by atoms with Crippen LogP contribution in [0, 0.1) is 6.92 Å². The second-order valence-corrected chi connectivity index (χ2v) is 8.05. The molecule has 0 spiro atoms. The van der Waals surface area contributed by atoms with Gasteiger partial charge in [-0.05, 0) is 56.0 Å². The van der Waals surface area contributed by atoms with Gasteiger partial charge in [-0.2, -0.15) is 0 Å². The summed E-state index contributed by atoms with van der Waals surface area (Å²) < 4.78 is 25.1. The highest BCUT2D eigenvalue weighted by Crippen LogP contribution is 2.18. The molecule has 2 aromatic carbocycles. The van der Waals surface area contributed by atoms with Crippen molar-refractivity contribution in [3.63, 3.8) is 0 Å². The van der Waals surface area contributed by atoms with Gasteiger partial charge in [0.05, 0.1) is 11.9 Å². The molecule has 6 heteroatoms. The lowest BCUT2D eigenvalue weighted by molar-refractivity contribution is 0.0938. The van der Waals surface area contributed by atoms with Gasteiger partial charge < -0.3 is 5.32 Å². The van der Waals surface area contributed by atoms with Gasteiger partial charge in [-0.3, -0.25) is 9.52 Å². The molecule has 1 atom stereocenters. The Labute approximate surface area is 149 Å². The molecule has 0 bridgehead atoms. The predicted octanol–water partition coefficient (Wildman–Crippen LogP) is 3.12. The van der Waals surface area contributed by atoms with Gasteiger partial charge in [0.2, 0.25) is 10.0 Å². The number of amides is 1. The molecule has 1 unspecified atom stereocenters.